The van der Waals surface area contributed by atoms with E-state index in [9.17, 15) is 9.59 Å². The Hall–Kier alpha value is -3.43. The van der Waals surface area contributed by atoms with E-state index < -0.39 is 6.10 Å². The van der Waals surface area contributed by atoms with E-state index in [4.69, 9.17) is 14.5 Å². The van der Waals surface area contributed by atoms with Crippen LogP contribution in [0.1, 0.15) is 44.0 Å². The number of methoxy groups -OCH3 is 1. The third kappa shape index (κ3) is 4.99. The van der Waals surface area contributed by atoms with Crippen molar-refractivity contribution < 1.29 is 19.1 Å². The highest BCUT2D eigenvalue weighted by Crippen LogP contribution is 2.27. The maximum absolute atomic E-state index is 13.1. The van der Waals surface area contributed by atoms with E-state index >= 15 is 0 Å². The molecule has 1 fully saturated rings. The SMILES string of the molecule is COCCNC(=O)c1cc(C2CN(C(=O)c3cnc(C)nc3C)CCO2)nc2ccccc12. The fourth-order valence-corrected chi connectivity index (χ4v) is 3.89. The summed E-state index contributed by atoms with van der Waals surface area (Å²) < 4.78 is 11.0. The molecular formula is C24H27N5O4. The molecule has 1 aliphatic heterocycles. The summed E-state index contributed by atoms with van der Waals surface area (Å²) in [4.78, 5) is 41.0. The molecule has 0 aliphatic carbocycles. The molecule has 0 spiro atoms. The fourth-order valence-electron chi connectivity index (χ4n) is 3.89. The quantitative estimate of drug-likeness (QED) is 0.575. The monoisotopic (exact) mass is 449 g/mol. The number of carbonyl (C=O) groups excluding carboxylic acids is 2. The molecule has 1 unspecified atom stereocenters. The van der Waals surface area contributed by atoms with Crippen LogP contribution in [0.3, 0.4) is 0 Å². The lowest BCUT2D eigenvalue weighted by Gasteiger charge is -2.33. The van der Waals surface area contributed by atoms with Gasteiger partial charge in [-0.25, -0.2) is 15.0 Å². The van der Waals surface area contributed by atoms with Crippen molar-refractivity contribution in [2.45, 2.75) is 20.0 Å². The number of aryl methyl sites for hydroxylation is 2. The predicted octanol–water partition coefficient (Wildman–Crippen LogP) is 2.23. The minimum atomic E-state index is -0.454. The second kappa shape index (κ2) is 10.0. The number of nitrogens with zero attached hydrogens (tertiary/aromatic N) is 4. The van der Waals surface area contributed by atoms with Crippen LogP contribution in [-0.4, -0.2) is 71.6 Å². The van der Waals surface area contributed by atoms with Gasteiger partial charge >= 0.3 is 0 Å². The molecule has 2 amide bonds. The summed E-state index contributed by atoms with van der Waals surface area (Å²) in [7, 11) is 1.59. The lowest BCUT2D eigenvalue weighted by atomic mass is 10.0. The smallest absolute Gasteiger partial charge is 0.257 e. The van der Waals surface area contributed by atoms with E-state index in [1.54, 1.807) is 38.1 Å². The van der Waals surface area contributed by atoms with Crippen LogP contribution in [0, 0.1) is 13.8 Å². The average Bonchev–Trinajstić information content (AvgIpc) is 2.83. The van der Waals surface area contributed by atoms with E-state index in [0.717, 1.165) is 5.39 Å². The minimum Gasteiger partial charge on any atom is -0.383 e. The first-order valence-corrected chi connectivity index (χ1v) is 10.9. The summed E-state index contributed by atoms with van der Waals surface area (Å²) in [6, 6.07) is 9.24. The zero-order chi connectivity index (χ0) is 23.4. The molecule has 1 aliphatic rings. The highest BCUT2D eigenvalue weighted by molar-refractivity contribution is 6.06. The van der Waals surface area contributed by atoms with Crippen LogP contribution in [0.15, 0.2) is 36.5 Å². The summed E-state index contributed by atoms with van der Waals surface area (Å²) in [6.07, 6.45) is 1.12. The van der Waals surface area contributed by atoms with Gasteiger partial charge in [0.25, 0.3) is 11.8 Å². The number of hydrogen-bond acceptors (Lipinski definition) is 7. The summed E-state index contributed by atoms with van der Waals surface area (Å²) >= 11 is 0. The molecule has 4 rings (SSSR count). The molecular weight excluding hydrogens is 422 g/mol. The van der Waals surface area contributed by atoms with Crippen LogP contribution in [-0.2, 0) is 9.47 Å². The number of rotatable bonds is 6. The molecule has 1 N–H and O–H groups in total. The minimum absolute atomic E-state index is 0.140. The fraction of sp³-hybridized carbons (Fsp3) is 0.375. The van der Waals surface area contributed by atoms with E-state index in [0.29, 0.717) is 66.7 Å². The molecule has 3 aromatic rings. The van der Waals surface area contributed by atoms with Crippen molar-refractivity contribution in [1.82, 2.24) is 25.2 Å². The van der Waals surface area contributed by atoms with Gasteiger partial charge in [0.1, 0.15) is 11.9 Å². The number of fused-ring (bicyclic) bond motifs is 1. The van der Waals surface area contributed by atoms with Gasteiger partial charge in [-0.05, 0) is 26.0 Å². The molecule has 1 saturated heterocycles. The number of benzene rings is 1. The second-order valence-electron chi connectivity index (χ2n) is 7.89. The molecule has 9 heteroatoms. The highest BCUT2D eigenvalue weighted by atomic mass is 16.5. The topological polar surface area (TPSA) is 107 Å². The number of ether oxygens (including phenoxy) is 2. The van der Waals surface area contributed by atoms with Crippen LogP contribution >= 0.6 is 0 Å². The lowest BCUT2D eigenvalue weighted by Crippen LogP contribution is -2.43. The Balaban J connectivity index is 1.61. The highest BCUT2D eigenvalue weighted by Gasteiger charge is 2.29. The summed E-state index contributed by atoms with van der Waals surface area (Å²) in [5.41, 5.74) is 2.95. The van der Waals surface area contributed by atoms with E-state index in [1.165, 1.54) is 0 Å². The third-order valence-corrected chi connectivity index (χ3v) is 5.59. The van der Waals surface area contributed by atoms with Crippen molar-refractivity contribution in [3.63, 3.8) is 0 Å². The van der Waals surface area contributed by atoms with Gasteiger partial charge in [-0.15, -0.1) is 0 Å². The van der Waals surface area contributed by atoms with Gasteiger partial charge in [-0.3, -0.25) is 9.59 Å². The van der Waals surface area contributed by atoms with Crippen molar-refractivity contribution in [3.8, 4) is 0 Å². The zero-order valence-corrected chi connectivity index (χ0v) is 19.0. The largest absolute Gasteiger partial charge is 0.383 e. The Morgan fingerprint density at radius 3 is 2.82 bits per heavy atom. The molecule has 33 heavy (non-hydrogen) atoms. The van der Waals surface area contributed by atoms with Gasteiger partial charge in [0.05, 0.1) is 47.8 Å². The Morgan fingerprint density at radius 2 is 2.03 bits per heavy atom. The zero-order valence-electron chi connectivity index (χ0n) is 19.0. The number of carbonyl (C=O) groups is 2. The van der Waals surface area contributed by atoms with Gasteiger partial charge in [0.15, 0.2) is 0 Å². The van der Waals surface area contributed by atoms with Crippen molar-refractivity contribution >= 4 is 22.7 Å². The normalized spacial score (nSPS) is 16.1. The summed E-state index contributed by atoms with van der Waals surface area (Å²) in [5.74, 6) is 0.280. The predicted molar refractivity (Wildman–Crippen MR) is 122 cm³/mol. The Labute approximate surface area is 192 Å². The molecule has 0 radical (unpaired) electrons. The van der Waals surface area contributed by atoms with E-state index in [2.05, 4.69) is 15.3 Å². The number of hydrogen-bond donors (Lipinski definition) is 1. The van der Waals surface area contributed by atoms with Crippen LogP contribution in [0.4, 0.5) is 0 Å². The van der Waals surface area contributed by atoms with Crippen LogP contribution < -0.4 is 5.32 Å². The van der Waals surface area contributed by atoms with Crippen molar-refractivity contribution in [2.75, 3.05) is 40.0 Å². The van der Waals surface area contributed by atoms with Gasteiger partial charge in [0, 0.05) is 31.8 Å². The number of aromatic nitrogens is 3. The number of amides is 2. The molecule has 1 atom stereocenters. The van der Waals surface area contributed by atoms with Crippen LogP contribution in [0.5, 0.6) is 0 Å². The first kappa shape index (κ1) is 22.8. The maximum Gasteiger partial charge on any atom is 0.257 e. The molecule has 9 nitrogen and oxygen atoms in total. The molecule has 3 heterocycles. The molecule has 0 saturated carbocycles. The average molecular weight is 450 g/mol. The molecule has 172 valence electrons. The number of pyridine rings is 1. The van der Waals surface area contributed by atoms with Gasteiger partial charge in [0.2, 0.25) is 0 Å². The Kier molecular flexibility index (Phi) is 6.90. The number of morpholine rings is 1. The summed E-state index contributed by atoms with van der Waals surface area (Å²) in [6.45, 7) is 5.57. The Morgan fingerprint density at radius 1 is 1.21 bits per heavy atom. The van der Waals surface area contributed by atoms with E-state index in [-0.39, 0.29) is 11.8 Å². The van der Waals surface area contributed by atoms with Crippen LogP contribution in [0.25, 0.3) is 10.9 Å². The third-order valence-electron chi connectivity index (χ3n) is 5.59. The maximum atomic E-state index is 13.1. The first-order valence-electron chi connectivity index (χ1n) is 10.9. The van der Waals surface area contributed by atoms with Crippen molar-refractivity contribution in [1.29, 1.82) is 0 Å². The Bertz CT molecular complexity index is 1180. The standard InChI is InChI=1S/C24H27N5O4/c1-15-19(13-26-16(2)27-15)24(31)29-9-11-33-22(14-29)21-12-18(23(30)25-8-10-32-3)17-6-4-5-7-20(17)28-21/h4-7,12-13,22H,8-11,14H2,1-3H3,(H,25,30). The van der Waals surface area contributed by atoms with Gasteiger partial charge < -0.3 is 19.7 Å². The van der Waals surface area contributed by atoms with Crippen molar-refractivity contribution in [3.05, 3.63) is 64.9 Å². The van der Waals surface area contributed by atoms with Crippen LogP contribution in [0.2, 0.25) is 0 Å². The molecule has 2 aromatic heterocycles. The number of para-hydroxylation sites is 1. The lowest BCUT2D eigenvalue weighted by molar-refractivity contribution is -0.0246. The molecule has 1 aromatic carbocycles. The van der Waals surface area contributed by atoms with Gasteiger partial charge in [-0.1, -0.05) is 18.2 Å². The first-order chi connectivity index (χ1) is 16.0. The van der Waals surface area contributed by atoms with Gasteiger partial charge in [-0.2, -0.15) is 0 Å². The van der Waals surface area contributed by atoms with E-state index in [1.807, 2.05) is 24.3 Å². The number of nitrogens with one attached hydrogen (secondary N) is 1. The second-order valence-corrected chi connectivity index (χ2v) is 7.89. The summed E-state index contributed by atoms with van der Waals surface area (Å²) in [5, 5.41) is 3.63. The van der Waals surface area contributed by atoms with Crippen molar-refractivity contribution in [2.24, 2.45) is 0 Å². The molecule has 0 bridgehead atoms.